The van der Waals surface area contributed by atoms with Crippen LogP contribution in [0.25, 0.3) is 0 Å². The third-order valence-electron chi connectivity index (χ3n) is 0.719. The van der Waals surface area contributed by atoms with E-state index < -0.39 is 5.97 Å². The molecule has 2 radical (unpaired) electrons. The van der Waals surface area contributed by atoms with Crippen LogP contribution in [0.3, 0.4) is 0 Å². The van der Waals surface area contributed by atoms with E-state index in [2.05, 4.69) is 33.9 Å². The van der Waals surface area contributed by atoms with Crippen molar-refractivity contribution in [1.82, 2.24) is 0 Å². The third kappa shape index (κ3) is 58.5. The molecule has 78 valence electrons. The number of carboxylic acid groups (broad SMARTS) is 1. The van der Waals surface area contributed by atoms with Gasteiger partial charge in [0.05, 0.1) is 0 Å². The Hall–Kier alpha value is -0.0500. The Morgan fingerprint density at radius 3 is 1.64 bits per heavy atom. The normalized spacial score (nSPS) is 6.29. The van der Waals surface area contributed by atoms with Crippen molar-refractivity contribution in [2.24, 2.45) is 0 Å². The molecule has 1 N–H and O–H groups in total. The predicted octanol–water partition coefficient (Wildman–Crippen LogP) is 2.63. The van der Waals surface area contributed by atoms with Crippen molar-refractivity contribution in [3.8, 4) is 0 Å². The van der Waals surface area contributed by atoms with E-state index in [0.717, 1.165) is 6.42 Å². The average molecular weight is 208 g/mol. The molecule has 0 aromatic carbocycles. The molecule has 0 aliphatic heterocycles. The zero-order valence-corrected chi connectivity index (χ0v) is 8.68. The zero-order valence-electron chi connectivity index (χ0n) is 8.68. The number of aliphatic carboxylic acids is 1. The fourth-order valence-electron chi connectivity index (χ4n) is 0. The SMILES string of the molecule is C=C(C)C(=O)O.[CH2]C=C.[CH2]CCC.[NaH]. The van der Waals surface area contributed by atoms with Crippen LogP contribution >= 0.6 is 0 Å². The molecule has 14 heavy (non-hydrogen) atoms. The molecule has 0 saturated carbocycles. The van der Waals surface area contributed by atoms with Crippen LogP contribution in [0.4, 0.5) is 0 Å². The van der Waals surface area contributed by atoms with E-state index in [1.807, 2.05) is 0 Å². The van der Waals surface area contributed by atoms with Crippen molar-refractivity contribution in [1.29, 1.82) is 0 Å². The molecule has 0 rings (SSSR count). The monoisotopic (exact) mass is 208 g/mol. The summed E-state index contributed by atoms with van der Waals surface area (Å²) < 4.78 is 0. The van der Waals surface area contributed by atoms with Gasteiger partial charge in [-0.25, -0.2) is 4.79 Å². The van der Waals surface area contributed by atoms with Crippen molar-refractivity contribution < 1.29 is 9.90 Å². The fourth-order valence-corrected chi connectivity index (χ4v) is 0. The quantitative estimate of drug-likeness (QED) is 0.559. The molecular weight excluding hydrogens is 187 g/mol. The van der Waals surface area contributed by atoms with Crippen LogP contribution in [0.15, 0.2) is 24.8 Å². The second-order valence-corrected chi connectivity index (χ2v) is 2.23. The fraction of sp³-hybridized carbons (Fsp3) is 0.364. The van der Waals surface area contributed by atoms with E-state index in [9.17, 15) is 4.79 Å². The van der Waals surface area contributed by atoms with Crippen molar-refractivity contribution in [2.45, 2.75) is 26.7 Å². The molecule has 0 amide bonds. The Labute approximate surface area is 110 Å². The van der Waals surface area contributed by atoms with Gasteiger partial charge in [0.25, 0.3) is 0 Å². The first-order valence-corrected chi connectivity index (χ1v) is 4.05. The van der Waals surface area contributed by atoms with Gasteiger partial charge in [-0.3, -0.25) is 0 Å². The second-order valence-electron chi connectivity index (χ2n) is 2.23. The second kappa shape index (κ2) is 23.1. The Bertz CT molecular complexity index is 128. The number of allylic oxidation sites excluding steroid dienone is 1. The number of carbonyl (C=O) groups is 1. The van der Waals surface area contributed by atoms with Gasteiger partial charge in [-0.2, -0.15) is 0 Å². The summed E-state index contributed by atoms with van der Waals surface area (Å²) in [5.41, 5.74) is 0.176. The van der Waals surface area contributed by atoms with E-state index >= 15 is 0 Å². The molecule has 0 aromatic rings. The minimum atomic E-state index is -0.935. The van der Waals surface area contributed by atoms with Crippen molar-refractivity contribution in [3.05, 3.63) is 38.7 Å². The zero-order chi connectivity index (χ0) is 11.3. The van der Waals surface area contributed by atoms with Crippen LogP contribution in [0.1, 0.15) is 26.7 Å². The van der Waals surface area contributed by atoms with Crippen LogP contribution in [0, 0.1) is 13.8 Å². The molecule has 0 heterocycles. The van der Waals surface area contributed by atoms with Crippen LogP contribution in [0.5, 0.6) is 0 Å². The summed E-state index contributed by atoms with van der Waals surface area (Å²) in [6.45, 7) is 16.8. The van der Waals surface area contributed by atoms with E-state index in [1.165, 1.54) is 19.4 Å². The maximum absolute atomic E-state index is 9.60. The van der Waals surface area contributed by atoms with E-state index in [0.29, 0.717) is 0 Å². The van der Waals surface area contributed by atoms with Crippen LogP contribution in [0.2, 0.25) is 0 Å². The van der Waals surface area contributed by atoms with Gasteiger partial charge in [-0.1, -0.05) is 39.3 Å². The third-order valence-corrected chi connectivity index (χ3v) is 0.719. The van der Waals surface area contributed by atoms with Gasteiger partial charge in [-0.05, 0) is 13.8 Å². The van der Waals surface area contributed by atoms with Gasteiger partial charge in [0, 0.05) is 5.57 Å². The molecular formula is C11H21NaO2. The summed E-state index contributed by atoms with van der Waals surface area (Å²) >= 11 is 0. The van der Waals surface area contributed by atoms with Crippen molar-refractivity contribution >= 4 is 35.5 Å². The Kier molecular flexibility index (Phi) is 39.0. The first-order chi connectivity index (χ1) is 5.97. The first kappa shape index (κ1) is 23.6. The molecule has 0 bridgehead atoms. The van der Waals surface area contributed by atoms with Crippen LogP contribution in [-0.4, -0.2) is 40.6 Å². The van der Waals surface area contributed by atoms with Gasteiger partial charge >= 0.3 is 35.5 Å². The summed E-state index contributed by atoms with van der Waals surface area (Å²) in [7, 11) is 0. The van der Waals surface area contributed by atoms with Crippen LogP contribution in [-0.2, 0) is 4.79 Å². The van der Waals surface area contributed by atoms with Gasteiger partial charge in [0.1, 0.15) is 0 Å². The maximum atomic E-state index is 9.60. The summed E-state index contributed by atoms with van der Waals surface area (Å²) in [6, 6.07) is 0. The van der Waals surface area contributed by atoms with Crippen molar-refractivity contribution in [2.75, 3.05) is 0 Å². The molecule has 2 nitrogen and oxygen atoms in total. The Morgan fingerprint density at radius 1 is 1.50 bits per heavy atom. The first-order valence-electron chi connectivity index (χ1n) is 4.05. The molecule has 0 aliphatic rings. The molecule has 3 heteroatoms. The Balaban J connectivity index is -0.0000000553. The number of hydrogen-bond acceptors (Lipinski definition) is 1. The topological polar surface area (TPSA) is 37.3 Å². The van der Waals surface area contributed by atoms with E-state index in [-0.39, 0.29) is 35.1 Å². The van der Waals surface area contributed by atoms with Crippen molar-refractivity contribution in [3.63, 3.8) is 0 Å². The number of rotatable bonds is 2. The van der Waals surface area contributed by atoms with Gasteiger partial charge < -0.3 is 5.11 Å². The molecule has 0 aliphatic carbocycles. The molecule has 0 saturated heterocycles. The number of unbranched alkanes of at least 4 members (excludes halogenated alkanes) is 1. The van der Waals surface area contributed by atoms with Gasteiger partial charge in [0.15, 0.2) is 0 Å². The van der Waals surface area contributed by atoms with Gasteiger partial charge in [-0.15, -0.1) is 6.58 Å². The number of carboxylic acids is 1. The predicted molar refractivity (Wildman–Crippen MR) is 65.4 cm³/mol. The molecule has 0 aromatic heterocycles. The summed E-state index contributed by atoms with van der Waals surface area (Å²) in [5.74, 6) is -0.935. The summed E-state index contributed by atoms with van der Waals surface area (Å²) in [6.07, 6.45) is 3.78. The van der Waals surface area contributed by atoms with E-state index in [1.54, 1.807) is 0 Å². The van der Waals surface area contributed by atoms with Gasteiger partial charge in [0.2, 0.25) is 0 Å². The van der Waals surface area contributed by atoms with E-state index in [4.69, 9.17) is 5.11 Å². The standard InChI is InChI=1S/C4H6O2.C4H9.C3H5.Na.H/c1-3(2)4(5)6;1-3-4-2;1-3-2;;/h1H2,2H3,(H,5,6);1,3-4H2,2H3;3H,1-2H2;;. The molecule has 0 spiro atoms. The average Bonchev–Trinajstić information content (AvgIpc) is 2.06. The molecule has 0 fully saturated rings. The minimum absolute atomic E-state index is 0. The summed E-state index contributed by atoms with van der Waals surface area (Å²) in [5, 5.41) is 7.89. The number of hydrogen-bond donors (Lipinski definition) is 1. The van der Waals surface area contributed by atoms with Crippen LogP contribution < -0.4 is 0 Å². The molecule has 0 atom stereocenters. The summed E-state index contributed by atoms with van der Waals surface area (Å²) in [4.78, 5) is 9.60. The Morgan fingerprint density at radius 2 is 1.64 bits per heavy atom. The molecule has 0 unspecified atom stereocenters.